The van der Waals surface area contributed by atoms with Gasteiger partial charge in [-0.3, -0.25) is 0 Å². The van der Waals surface area contributed by atoms with Crippen molar-refractivity contribution < 1.29 is 8.78 Å². The minimum atomic E-state index is -0.671. The summed E-state index contributed by atoms with van der Waals surface area (Å²) in [5.41, 5.74) is 1.09. The molecule has 0 saturated carbocycles. The third-order valence-electron chi connectivity index (χ3n) is 2.72. The molecular formula is C12H7ClF2N4. The van der Waals surface area contributed by atoms with Gasteiger partial charge in [-0.25, -0.2) is 18.4 Å². The zero-order valence-corrected chi connectivity index (χ0v) is 10.3. The van der Waals surface area contributed by atoms with Crippen LogP contribution in [0.2, 0.25) is 5.02 Å². The molecule has 3 aromatic rings. The second-order valence-electron chi connectivity index (χ2n) is 3.91. The molecule has 2 aromatic heterocycles. The Bertz CT molecular complexity index is 757. The van der Waals surface area contributed by atoms with Gasteiger partial charge in [0.15, 0.2) is 5.65 Å². The lowest BCUT2D eigenvalue weighted by Crippen LogP contribution is -2.06. The van der Waals surface area contributed by atoms with Gasteiger partial charge < -0.3 is 0 Å². The van der Waals surface area contributed by atoms with Crippen LogP contribution in [0, 0.1) is 11.6 Å². The van der Waals surface area contributed by atoms with Crippen molar-refractivity contribution in [3.8, 4) is 0 Å². The third kappa shape index (κ3) is 2.04. The lowest BCUT2D eigenvalue weighted by atomic mass is 10.2. The highest BCUT2D eigenvalue weighted by Crippen LogP contribution is 2.24. The van der Waals surface area contributed by atoms with Crippen LogP contribution in [0.5, 0.6) is 0 Å². The van der Waals surface area contributed by atoms with Gasteiger partial charge in [-0.1, -0.05) is 16.8 Å². The Kier molecular flexibility index (Phi) is 2.87. The van der Waals surface area contributed by atoms with E-state index < -0.39 is 11.6 Å². The lowest BCUT2D eigenvalue weighted by Gasteiger charge is -2.06. The molecule has 3 rings (SSSR count). The summed E-state index contributed by atoms with van der Waals surface area (Å²) < 4.78 is 28.4. The predicted octanol–water partition coefficient (Wildman–Crippen LogP) is 2.81. The molecule has 0 unspecified atom stereocenters. The van der Waals surface area contributed by atoms with Crippen molar-refractivity contribution in [3.05, 3.63) is 52.7 Å². The smallest absolute Gasteiger partial charge is 0.178 e. The van der Waals surface area contributed by atoms with Crippen LogP contribution in [0.25, 0.3) is 11.2 Å². The first kappa shape index (κ1) is 12.0. The monoisotopic (exact) mass is 280 g/mol. The van der Waals surface area contributed by atoms with Crippen LogP contribution in [0.3, 0.4) is 0 Å². The number of nitrogens with zero attached hydrogens (tertiary/aromatic N) is 4. The molecule has 0 aliphatic heterocycles. The minimum Gasteiger partial charge on any atom is -0.235 e. The summed E-state index contributed by atoms with van der Waals surface area (Å²) in [6.07, 6.45) is 1.58. The van der Waals surface area contributed by atoms with E-state index in [0.717, 1.165) is 12.1 Å². The molecule has 0 bridgehead atoms. The van der Waals surface area contributed by atoms with Gasteiger partial charge in [0.2, 0.25) is 0 Å². The summed E-state index contributed by atoms with van der Waals surface area (Å²) in [6.45, 7) is -0.0318. The molecule has 0 aliphatic rings. The molecular weight excluding hydrogens is 274 g/mol. The average molecular weight is 281 g/mol. The molecule has 0 amide bonds. The molecule has 7 heteroatoms. The van der Waals surface area contributed by atoms with E-state index in [-0.39, 0.29) is 17.1 Å². The van der Waals surface area contributed by atoms with Gasteiger partial charge >= 0.3 is 0 Å². The molecule has 2 heterocycles. The summed E-state index contributed by atoms with van der Waals surface area (Å²) in [5.74, 6) is -1.26. The van der Waals surface area contributed by atoms with Gasteiger partial charge in [0, 0.05) is 11.8 Å². The largest absolute Gasteiger partial charge is 0.235 e. The summed E-state index contributed by atoms with van der Waals surface area (Å²) >= 11 is 5.77. The van der Waals surface area contributed by atoms with Gasteiger partial charge in [-0.2, -0.15) is 0 Å². The third-order valence-corrected chi connectivity index (χ3v) is 3.13. The second kappa shape index (κ2) is 4.55. The van der Waals surface area contributed by atoms with E-state index >= 15 is 0 Å². The number of benzene rings is 1. The van der Waals surface area contributed by atoms with Gasteiger partial charge in [0.05, 0.1) is 11.6 Å². The van der Waals surface area contributed by atoms with Gasteiger partial charge in [0.25, 0.3) is 0 Å². The minimum absolute atomic E-state index is 0.0270. The zero-order chi connectivity index (χ0) is 13.4. The summed E-state index contributed by atoms with van der Waals surface area (Å²) in [6, 6.07) is 5.47. The summed E-state index contributed by atoms with van der Waals surface area (Å²) in [4.78, 5) is 4.10. The van der Waals surface area contributed by atoms with Crippen molar-refractivity contribution in [1.29, 1.82) is 0 Å². The van der Waals surface area contributed by atoms with Crippen molar-refractivity contribution in [3.63, 3.8) is 0 Å². The first-order valence-corrected chi connectivity index (χ1v) is 5.81. The molecule has 19 heavy (non-hydrogen) atoms. The highest BCUT2D eigenvalue weighted by molar-refractivity contribution is 6.31. The van der Waals surface area contributed by atoms with Crippen LogP contribution in [-0.2, 0) is 6.54 Å². The molecule has 0 atom stereocenters. The van der Waals surface area contributed by atoms with Crippen molar-refractivity contribution in [2.75, 3.05) is 0 Å². The van der Waals surface area contributed by atoms with Gasteiger partial charge in [-0.05, 0) is 24.3 Å². The van der Waals surface area contributed by atoms with Crippen LogP contribution < -0.4 is 0 Å². The van der Waals surface area contributed by atoms with E-state index in [1.54, 1.807) is 18.3 Å². The van der Waals surface area contributed by atoms with Crippen molar-refractivity contribution in [1.82, 2.24) is 20.0 Å². The predicted molar refractivity (Wildman–Crippen MR) is 65.8 cm³/mol. The standard InChI is InChI=1S/C12H7ClF2N4/c13-11-7(8(14)3-4-9(11)15)6-19-12-10(17-18-19)2-1-5-16-12/h1-5H,6H2. The fourth-order valence-corrected chi connectivity index (χ4v) is 1.99. The normalized spacial score (nSPS) is 11.1. The van der Waals surface area contributed by atoms with E-state index in [1.807, 2.05) is 0 Å². The van der Waals surface area contributed by atoms with Crippen molar-refractivity contribution in [2.45, 2.75) is 6.54 Å². The summed E-state index contributed by atoms with van der Waals surface area (Å²) in [5, 5.41) is 7.50. The highest BCUT2D eigenvalue weighted by atomic mass is 35.5. The number of hydrogen-bond acceptors (Lipinski definition) is 3. The number of rotatable bonds is 2. The molecule has 0 radical (unpaired) electrons. The van der Waals surface area contributed by atoms with Gasteiger partial charge in [0.1, 0.15) is 17.2 Å². The van der Waals surface area contributed by atoms with E-state index in [1.165, 1.54) is 4.68 Å². The fourth-order valence-electron chi connectivity index (χ4n) is 1.78. The summed E-state index contributed by atoms with van der Waals surface area (Å²) in [7, 11) is 0. The molecule has 96 valence electrons. The SMILES string of the molecule is Fc1ccc(F)c(Cn2nnc3cccnc32)c1Cl. The molecule has 4 nitrogen and oxygen atoms in total. The highest BCUT2D eigenvalue weighted by Gasteiger charge is 2.14. The van der Waals surface area contributed by atoms with Crippen LogP contribution in [0.1, 0.15) is 5.56 Å². The topological polar surface area (TPSA) is 43.6 Å². The molecule has 1 aromatic carbocycles. The van der Waals surface area contributed by atoms with Gasteiger partial charge in [-0.15, -0.1) is 5.10 Å². The van der Waals surface area contributed by atoms with Crippen LogP contribution >= 0.6 is 11.6 Å². The maximum Gasteiger partial charge on any atom is 0.178 e. The number of aromatic nitrogens is 4. The van der Waals surface area contributed by atoms with Crippen LogP contribution in [0.4, 0.5) is 8.78 Å². The van der Waals surface area contributed by atoms with E-state index in [9.17, 15) is 8.78 Å². The Labute approximate surface area is 111 Å². The molecule has 0 aliphatic carbocycles. The molecule has 0 fully saturated rings. The first-order chi connectivity index (χ1) is 9.16. The van der Waals surface area contributed by atoms with E-state index in [4.69, 9.17) is 11.6 Å². The first-order valence-electron chi connectivity index (χ1n) is 5.43. The van der Waals surface area contributed by atoms with Crippen LogP contribution in [0.15, 0.2) is 30.5 Å². The quantitative estimate of drug-likeness (QED) is 0.678. The Morgan fingerprint density at radius 1 is 1.16 bits per heavy atom. The Hall–Kier alpha value is -2.08. The maximum atomic E-state index is 13.7. The number of pyridine rings is 1. The number of fused-ring (bicyclic) bond motifs is 1. The van der Waals surface area contributed by atoms with Crippen molar-refractivity contribution >= 4 is 22.8 Å². The Morgan fingerprint density at radius 2 is 1.95 bits per heavy atom. The lowest BCUT2D eigenvalue weighted by molar-refractivity contribution is 0.564. The van der Waals surface area contributed by atoms with E-state index in [0.29, 0.717) is 11.2 Å². The Morgan fingerprint density at radius 3 is 2.79 bits per heavy atom. The Balaban J connectivity index is 2.09. The molecule has 0 spiro atoms. The number of halogens is 3. The number of hydrogen-bond donors (Lipinski definition) is 0. The van der Waals surface area contributed by atoms with E-state index in [2.05, 4.69) is 15.3 Å². The molecule has 0 N–H and O–H groups in total. The maximum absolute atomic E-state index is 13.7. The average Bonchev–Trinajstić information content (AvgIpc) is 2.83. The van der Waals surface area contributed by atoms with Crippen molar-refractivity contribution in [2.24, 2.45) is 0 Å². The second-order valence-corrected chi connectivity index (χ2v) is 4.29. The fraction of sp³-hybridized carbons (Fsp3) is 0.0833. The zero-order valence-electron chi connectivity index (χ0n) is 9.52. The van der Waals surface area contributed by atoms with Crippen LogP contribution in [-0.4, -0.2) is 20.0 Å². The molecule has 0 saturated heterocycles.